The highest BCUT2D eigenvalue weighted by Crippen LogP contribution is 2.13. The molecular weight excluding hydrogens is 296 g/mol. The van der Waals surface area contributed by atoms with Crippen molar-refractivity contribution in [2.45, 2.75) is 26.8 Å². The van der Waals surface area contributed by atoms with Gasteiger partial charge in [-0.2, -0.15) is 0 Å². The molecule has 0 fully saturated rings. The topological polar surface area (TPSA) is 53.6 Å². The monoisotopic (exact) mass is 324 g/mol. The van der Waals surface area contributed by atoms with E-state index in [1.807, 2.05) is 12.1 Å². The first-order valence-corrected chi connectivity index (χ1v) is 8.41. The number of aryl methyl sites for hydroxylation is 2. The molecule has 4 heteroatoms. The molecule has 4 nitrogen and oxygen atoms in total. The van der Waals surface area contributed by atoms with E-state index in [9.17, 15) is 0 Å². The van der Waals surface area contributed by atoms with Crippen LogP contribution in [0.5, 0.6) is 0 Å². The fourth-order valence-corrected chi connectivity index (χ4v) is 2.52. The maximum Gasteiger partial charge on any atom is 0.193 e. The van der Waals surface area contributed by atoms with Crippen molar-refractivity contribution in [1.29, 1.82) is 0 Å². The molecule has 0 heterocycles. The molecule has 0 spiro atoms. The van der Waals surface area contributed by atoms with Gasteiger partial charge < -0.3 is 16.0 Å². The number of hydrogen-bond donors (Lipinski definition) is 2. The van der Waals surface area contributed by atoms with Crippen molar-refractivity contribution in [3.05, 3.63) is 65.2 Å². The van der Waals surface area contributed by atoms with Crippen LogP contribution in [0.1, 0.15) is 23.1 Å². The van der Waals surface area contributed by atoms with Crippen LogP contribution >= 0.6 is 0 Å². The average molecular weight is 324 g/mol. The number of nitrogens with two attached hydrogens (primary N) is 1. The number of benzene rings is 2. The van der Waals surface area contributed by atoms with Gasteiger partial charge in [-0.1, -0.05) is 36.4 Å². The molecule has 0 aromatic heterocycles. The van der Waals surface area contributed by atoms with Crippen LogP contribution in [0.3, 0.4) is 0 Å². The summed E-state index contributed by atoms with van der Waals surface area (Å²) in [6.45, 7) is 6.87. The molecule has 0 radical (unpaired) electrons. The number of nitrogens with zero attached hydrogens (tertiary/aromatic N) is 2. The van der Waals surface area contributed by atoms with Crippen molar-refractivity contribution < 1.29 is 0 Å². The summed E-state index contributed by atoms with van der Waals surface area (Å²) in [6.07, 6.45) is 0.985. The smallest absolute Gasteiger partial charge is 0.193 e. The third kappa shape index (κ3) is 6.05. The normalized spacial score (nSPS) is 11.8. The van der Waals surface area contributed by atoms with Crippen molar-refractivity contribution in [3.8, 4) is 0 Å². The van der Waals surface area contributed by atoms with Gasteiger partial charge in [-0.25, -0.2) is 0 Å². The Morgan fingerprint density at radius 3 is 2.54 bits per heavy atom. The van der Waals surface area contributed by atoms with Crippen molar-refractivity contribution in [3.63, 3.8) is 0 Å². The highest BCUT2D eigenvalue weighted by atomic mass is 15.1. The molecule has 0 aliphatic heterocycles. The van der Waals surface area contributed by atoms with E-state index >= 15 is 0 Å². The predicted octanol–water partition coefficient (Wildman–Crippen LogP) is 3.55. The Hall–Kier alpha value is -2.33. The maximum absolute atomic E-state index is 5.96. The molecular formula is C20H28N4. The van der Waals surface area contributed by atoms with E-state index in [0.29, 0.717) is 5.96 Å². The second-order valence-corrected chi connectivity index (χ2v) is 6.27. The zero-order valence-electron chi connectivity index (χ0n) is 14.9. The van der Waals surface area contributed by atoms with Gasteiger partial charge in [-0.3, -0.25) is 4.99 Å². The molecule has 128 valence electrons. The lowest BCUT2D eigenvalue weighted by atomic mass is 10.1. The van der Waals surface area contributed by atoms with Crippen LogP contribution in [-0.4, -0.2) is 31.0 Å². The van der Waals surface area contributed by atoms with Crippen molar-refractivity contribution in [2.75, 3.05) is 25.5 Å². The number of anilines is 1. The van der Waals surface area contributed by atoms with Crippen LogP contribution in [-0.2, 0) is 6.54 Å². The number of aliphatic imine (C=N–C) groups is 1. The van der Waals surface area contributed by atoms with E-state index in [1.165, 1.54) is 16.7 Å². The summed E-state index contributed by atoms with van der Waals surface area (Å²) < 4.78 is 0. The molecule has 0 bridgehead atoms. The number of nitrogens with one attached hydrogen (secondary N) is 1. The number of guanidine groups is 1. The van der Waals surface area contributed by atoms with Gasteiger partial charge in [0.15, 0.2) is 5.96 Å². The van der Waals surface area contributed by atoms with E-state index in [4.69, 9.17) is 5.73 Å². The summed E-state index contributed by atoms with van der Waals surface area (Å²) in [7, 11) is 2.13. The molecule has 2 aromatic rings. The zero-order chi connectivity index (χ0) is 17.4. The van der Waals surface area contributed by atoms with E-state index < -0.39 is 0 Å². The first-order chi connectivity index (χ1) is 11.5. The molecule has 0 saturated heterocycles. The largest absolute Gasteiger partial charge is 0.370 e. The zero-order valence-corrected chi connectivity index (χ0v) is 14.9. The van der Waals surface area contributed by atoms with Crippen LogP contribution in [0.15, 0.2) is 53.5 Å². The van der Waals surface area contributed by atoms with Crippen LogP contribution in [0, 0.1) is 13.8 Å². The SMILES string of the molecule is Cc1ccc(NC(N)=NCCCN(C)Cc2ccccc2)cc1C. The molecule has 0 atom stereocenters. The summed E-state index contributed by atoms with van der Waals surface area (Å²) in [5.74, 6) is 0.476. The predicted molar refractivity (Wildman–Crippen MR) is 103 cm³/mol. The van der Waals surface area contributed by atoms with Gasteiger partial charge in [0.25, 0.3) is 0 Å². The lowest BCUT2D eigenvalue weighted by molar-refractivity contribution is 0.324. The number of hydrogen-bond acceptors (Lipinski definition) is 2. The third-order valence-corrected chi connectivity index (χ3v) is 4.05. The van der Waals surface area contributed by atoms with Gasteiger partial charge in [-0.15, -0.1) is 0 Å². The Morgan fingerprint density at radius 2 is 1.83 bits per heavy atom. The lowest BCUT2D eigenvalue weighted by Gasteiger charge is -2.16. The van der Waals surface area contributed by atoms with Gasteiger partial charge in [0.1, 0.15) is 0 Å². The van der Waals surface area contributed by atoms with Crippen molar-refractivity contribution >= 4 is 11.6 Å². The summed E-state index contributed by atoms with van der Waals surface area (Å²) in [5.41, 5.74) is 10.8. The molecule has 0 unspecified atom stereocenters. The van der Waals surface area contributed by atoms with Gasteiger partial charge in [-0.05, 0) is 62.7 Å². The summed E-state index contributed by atoms with van der Waals surface area (Å²) in [4.78, 5) is 6.71. The van der Waals surface area contributed by atoms with Crippen LogP contribution in [0.2, 0.25) is 0 Å². The molecule has 24 heavy (non-hydrogen) atoms. The van der Waals surface area contributed by atoms with E-state index in [1.54, 1.807) is 0 Å². The minimum atomic E-state index is 0.476. The minimum Gasteiger partial charge on any atom is -0.370 e. The Bertz CT molecular complexity index is 665. The molecule has 2 rings (SSSR count). The standard InChI is InChI=1S/C20H28N4/c1-16-10-11-19(14-17(16)2)23-20(21)22-12-7-13-24(3)15-18-8-5-4-6-9-18/h4-6,8-11,14H,7,12-13,15H2,1-3H3,(H3,21,22,23). The van der Waals surface area contributed by atoms with Crippen LogP contribution < -0.4 is 11.1 Å². The summed E-state index contributed by atoms with van der Waals surface area (Å²) in [6, 6.07) is 16.7. The highest BCUT2D eigenvalue weighted by molar-refractivity contribution is 5.92. The van der Waals surface area contributed by atoms with Gasteiger partial charge in [0, 0.05) is 18.8 Å². The fourth-order valence-electron chi connectivity index (χ4n) is 2.52. The van der Waals surface area contributed by atoms with E-state index in [0.717, 1.165) is 31.7 Å². The Balaban J connectivity index is 1.71. The quantitative estimate of drug-likeness (QED) is 0.465. The van der Waals surface area contributed by atoms with Crippen LogP contribution in [0.4, 0.5) is 5.69 Å². The lowest BCUT2D eigenvalue weighted by Crippen LogP contribution is -2.24. The first kappa shape index (κ1) is 18.0. The maximum atomic E-state index is 5.96. The molecule has 3 N–H and O–H groups in total. The van der Waals surface area contributed by atoms with Gasteiger partial charge >= 0.3 is 0 Å². The van der Waals surface area contributed by atoms with Crippen molar-refractivity contribution in [2.24, 2.45) is 10.7 Å². The Kier molecular flexibility index (Phi) is 6.82. The molecule has 0 aliphatic rings. The van der Waals surface area contributed by atoms with Gasteiger partial charge in [0.05, 0.1) is 0 Å². The summed E-state index contributed by atoms with van der Waals surface area (Å²) in [5, 5.41) is 3.15. The third-order valence-electron chi connectivity index (χ3n) is 4.05. The second kappa shape index (κ2) is 9.08. The molecule has 0 aliphatic carbocycles. The van der Waals surface area contributed by atoms with E-state index in [-0.39, 0.29) is 0 Å². The minimum absolute atomic E-state index is 0.476. The van der Waals surface area contributed by atoms with Crippen molar-refractivity contribution in [1.82, 2.24) is 4.90 Å². The fraction of sp³-hybridized carbons (Fsp3) is 0.350. The first-order valence-electron chi connectivity index (χ1n) is 8.41. The Morgan fingerprint density at radius 1 is 1.08 bits per heavy atom. The van der Waals surface area contributed by atoms with Crippen LogP contribution in [0.25, 0.3) is 0 Å². The Labute approximate surface area is 145 Å². The van der Waals surface area contributed by atoms with E-state index in [2.05, 4.69) is 72.5 Å². The molecule has 2 aromatic carbocycles. The average Bonchev–Trinajstić information content (AvgIpc) is 2.56. The second-order valence-electron chi connectivity index (χ2n) is 6.27. The summed E-state index contributed by atoms with van der Waals surface area (Å²) >= 11 is 0. The molecule has 0 saturated carbocycles. The van der Waals surface area contributed by atoms with Gasteiger partial charge in [0.2, 0.25) is 0 Å². The molecule has 0 amide bonds. The highest BCUT2D eigenvalue weighted by Gasteiger charge is 2.00. The number of rotatable bonds is 7.